The first-order valence-corrected chi connectivity index (χ1v) is 6.36. The van der Waals surface area contributed by atoms with Crippen molar-refractivity contribution < 1.29 is 4.79 Å². The molecule has 0 saturated heterocycles. The molecule has 1 N–H and O–H groups in total. The number of aromatic amines is 1. The molecular formula is C15H17NO. The lowest BCUT2D eigenvalue weighted by Crippen LogP contribution is -2.00. The highest BCUT2D eigenvalue weighted by Crippen LogP contribution is 2.29. The van der Waals surface area contributed by atoms with E-state index in [1.807, 2.05) is 0 Å². The topological polar surface area (TPSA) is 32.9 Å². The SMILES string of the molecule is CC(=O)Cc1ccc2[nH]c3c(c2c1)CCCC3. The van der Waals surface area contributed by atoms with E-state index in [0.29, 0.717) is 6.42 Å². The van der Waals surface area contributed by atoms with E-state index in [9.17, 15) is 4.79 Å². The molecule has 0 saturated carbocycles. The first-order chi connectivity index (χ1) is 8.24. The summed E-state index contributed by atoms with van der Waals surface area (Å²) < 4.78 is 0. The Morgan fingerprint density at radius 2 is 2.12 bits per heavy atom. The van der Waals surface area contributed by atoms with E-state index in [1.54, 1.807) is 6.92 Å². The van der Waals surface area contributed by atoms with Crippen LogP contribution in [0.2, 0.25) is 0 Å². The number of hydrogen-bond acceptors (Lipinski definition) is 1. The van der Waals surface area contributed by atoms with Crippen LogP contribution in [0.1, 0.15) is 36.6 Å². The van der Waals surface area contributed by atoms with E-state index in [-0.39, 0.29) is 5.78 Å². The van der Waals surface area contributed by atoms with E-state index in [1.165, 1.54) is 47.8 Å². The number of aromatic nitrogens is 1. The molecule has 0 fully saturated rings. The number of H-pyrrole nitrogens is 1. The maximum Gasteiger partial charge on any atom is 0.134 e. The summed E-state index contributed by atoms with van der Waals surface area (Å²) >= 11 is 0. The summed E-state index contributed by atoms with van der Waals surface area (Å²) in [5, 5.41) is 1.33. The number of nitrogens with one attached hydrogen (secondary N) is 1. The Morgan fingerprint density at radius 1 is 1.29 bits per heavy atom. The Labute approximate surface area is 101 Å². The van der Waals surface area contributed by atoms with Crippen LogP contribution in [0, 0.1) is 0 Å². The molecule has 2 nitrogen and oxygen atoms in total. The Hall–Kier alpha value is -1.57. The summed E-state index contributed by atoms with van der Waals surface area (Å²) in [5.41, 5.74) is 5.25. The third-order valence-corrected chi connectivity index (χ3v) is 3.62. The zero-order chi connectivity index (χ0) is 11.8. The molecule has 1 aromatic carbocycles. The smallest absolute Gasteiger partial charge is 0.134 e. The van der Waals surface area contributed by atoms with E-state index in [4.69, 9.17) is 0 Å². The van der Waals surface area contributed by atoms with Gasteiger partial charge in [-0.3, -0.25) is 4.79 Å². The molecule has 0 atom stereocenters. The predicted molar refractivity (Wildman–Crippen MR) is 69.3 cm³/mol. The van der Waals surface area contributed by atoms with Gasteiger partial charge >= 0.3 is 0 Å². The predicted octanol–water partition coefficient (Wildman–Crippen LogP) is 3.18. The van der Waals surface area contributed by atoms with Crippen LogP contribution in [-0.2, 0) is 24.1 Å². The van der Waals surface area contributed by atoms with Crippen molar-refractivity contribution in [2.24, 2.45) is 0 Å². The number of hydrogen-bond donors (Lipinski definition) is 1. The van der Waals surface area contributed by atoms with Gasteiger partial charge in [-0.05, 0) is 55.9 Å². The monoisotopic (exact) mass is 227 g/mol. The third kappa shape index (κ3) is 1.88. The number of Topliss-reactive ketones (excluding diaryl/α,β-unsaturated/α-hetero) is 1. The molecule has 1 heterocycles. The fraction of sp³-hybridized carbons (Fsp3) is 0.400. The Bertz CT molecular complexity index is 580. The summed E-state index contributed by atoms with van der Waals surface area (Å²) in [4.78, 5) is 14.7. The van der Waals surface area contributed by atoms with Gasteiger partial charge in [0.25, 0.3) is 0 Å². The van der Waals surface area contributed by atoms with Crippen LogP contribution in [0.4, 0.5) is 0 Å². The zero-order valence-corrected chi connectivity index (χ0v) is 10.2. The van der Waals surface area contributed by atoms with Gasteiger partial charge in [0.2, 0.25) is 0 Å². The molecule has 2 aromatic rings. The van der Waals surface area contributed by atoms with Crippen molar-refractivity contribution in [1.82, 2.24) is 4.98 Å². The average Bonchev–Trinajstić information content (AvgIpc) is 2.66. The molecule has 2 heteroatoms. The van der Waals surface area contributed by atoms with Crippen molar-refractivity contribution in [3.8, 4) is 0 Å². The minimum absolute atomic E-state index is 0.230. The fourth-order valence-corrected chi connectivity index (χ4v) is 2.85. The van der Waals surface area contributed by atoms with Crippen LogP contribution in [0.5, 0.6) is 0 Å². The highest BCUT2D eigenvalue weighted by atomic mass is 16.1. The van der Waals surface area contributed by atoms with Crippen molar-refractivity contribution in [2.75, 3.05) is 0 Å². The van der Waals surface area contributed by atoms with Gasteiger partial charge in [0.05, 0.1) is 0 Å². The number of aryl methyl sites for hydroxylation is 2. The molecule has 1 aliphatic carbocycles. The molecule has 1 aliphatic rings. The molecule has 0 unspecified atom stereocenters. The van der Waals surface area contributed by atoms with E-state index < -0.39 is 0 Å². The summed E-state index contributed by atoms with van der Waals surface area (Å²) in [6.45, 7) is 1.65. The van der Waals surface area contributed by atoms with E-state index >= 15 is 0 Å². The van der Waals surface area contributed by atoms with Crippen molar-refractivity contribution in [1.29, 1.82) is 0 Å². The van der Waals surface area contributed by atoms with Gasteiger partial charge < -0.3 is 4.98 Å². The highest BCUT2D eigenvalue weighted by Gasteiger charge is 2.15. The molecule has 0 radical (unpaired) electrons. The first kappa shape index (κ1) is 10.6. The lowest BCUT2D eigenvalue weighted by molar-refractivity contribution is -0.116. The van der Waals surface area contributed by atoms with Crippen LogP contribution < -0.4 is 0 Å². The maximum absolute atomic E-state index is 11.2. The van der Waals surface area contributed by atoms with Crippen LogP contribution in [0.15, 0.2) is 18.2 Å². The fourth-order valence-electron chi connectivity index (χ4n) is 2.85. The number of ketones is 1. The zero-order valence-electron chi connectivity index (χ0n) is 10.2. The number of carbonyl (C=O) groups is 1. The molecule has 88 valence electrons. The van der Waals surface area contributed by atoms with Gasteiger partial charge in [0.15, 0.2) is 0 Å². The Balaban J connectivity index is 2.11. The second-order valence-corrected chi connectivity index (χ2v) is 5.05. The van der Waals surface area contributed by atoms with Gasteiger partial charge in [-0.15, -0.1) is 0 Å². The molecule has 0 amide bonds. The number of benzene rings is 1. The largest absolute Gasteiger partial charge is 0.358 e. The summed E-state index contributed by atoms with van der Waals surface area (Å²) in [6, 6.07) is 6.37. The van der Waals surface area contributed by atoms with Crippen LogP contribution in [-0.4, -0.2) is 10.8 Å². The number of carbonyl (C=O) groups excluding carboxylic acids is 1. The minimum atomic E-state index is 0.230. The summed E-state index contributed by atoms with van der Waals surface area (Å²) in [6.07, 6.45) is 5.48. The van der Waals surface area contributed by atoms with Gasteiger partial charge in [0.1, 0.15) is 5.78 Å². The molecule has 3 rings (SSSR count). The molecule has 0 spiro atoms. The van der Waals surface area contributed by atoms with E-state index in [2.05, 4.69) is 23.2 Å². The van der Waals surface area contributed by atoms with Crippen molar-refractivity contribution in [3.05, 3.63) is 35.0 Å². The first-order valence-electron chi connectivity index (χ1n) is 6.36. The molecule has 17 heavy (non-hydrogen) atoms. The van der Waals surface area contributed by atoms with Crippen LogP contribution in [0.3, 0.4) is 0 Å². The lowest BCUT2D eigenvalue weighted by Gasteiger charge is -2.10. The second-order valence-electron chi connectivity index (χ2n) is 5.05. The van der Waals surface area contributed by atoms with Crippen molar-refractivity contribution >= 4 is 16.7 Å². The van der Waals surface area contributed by atoms with E-state index in [0.717, 1.165) is 5.56 Å². The quantitative estimate of drug-likeness (QED) is 0.839. The molecule has 0 bridgehead atoms. The van der Waals surface area contributed by atoms with Gasteiger partial charge in [-0.25, -0.2) is 0 Å². The van der Waals surface area contributed by atoms with Gasteiger partial charge in [-0.2, -0.15) is 0 Å². The standard InChI is InChI=1S/C15H17NO/c1-10(17)8-11-6-7-15-13(9-11)12-4-2-3-5-14(12)16-15/h6-7,9,16H,2-5,8H2,1H3. The number of fused-ring (bicyclic) bond motifs is 3. The van der Waals surface area contributed by atoms with Gasteiger partial charge in [0, 0.05) is 23.0 Å². The van der Waals surface area contributed by atoms with Crippen molar-refractivity contribution in [3.63, 3.8) is 0 Å². The molecule has 0 aliphatic heterocycles. The second kappa shape index (κ2) is 4.02. The van der Waals surface area contributed by atoms with Gasteiger partial charge in [-0.1, -0.05) is 6.07 Å². The third-order valence-electron chi connectivity index (χ3n) is 3.62. The summed E-state index contributed by atoms with van der Waals surface area (Å²) in [5.74, 6) is 0.230. The molecular weight excluding hydrogens is 210 g/mol. The lowest BCUT2D eigenvalue weighted by atomic mass is 9.95. The number of rotatable bonds is 2. The highest BCUT2D eigenvalue weighted by molar-refractivity contribution is 5.87. The maximum atomic E-state index is 11.2. The normalized spacial score (nSPS) is 14.9. The Morgan fingerprint density at radius 3 is 2.94 bits per heavy atom. The van der Waals surface area contributed by atoms with Crippen LogP contribution >= 0.6 is 0 Å². The summed E-state index contributed by atoms with van der Waals surface area (Å²) in [7, 11) is 0. The van der Waals surface area contributed by atoms with Crippen molar-refractivity contribution in [2.45, 2.75) is 39.0 Å². The average molecular weight is 227 g/mol. The Kier molecular flexibility index (Phi) is 2.50. The minimum Gasteiger partial charge on any atom is -0.358 e. The van der Waals surface area contributed by atoms with Crippen LogP contribution in [0.25, 0.3) is 10.9 Å². The molecule has 1 aromatic heterocycles.